The standard InChI is InChI=1S/C8H18S.4CH3NS2.Mo/c1-7(2)5-9-6-8(3)4;4*2-1(3)4;/h7-8H,5-6H2,1-4H3;4*(H3,2,3,4);/q;;;;;+4/p-4. The van der Waals surface area contributed by atoms with Crippen molar-refractivity contribution >= 4 is 128 Å². The van der Waals surface area contributed by atoms with Gasteiger partial charge in [-0.05, 0) is 23.3 Å². The molecule has 4 nitrogen and oxygen atoms in total. The molecule has 0 aromatic rings. The first-order chi connectivity index (χ1) is 11.1. The van der Waals surface area contributed by atoms with Gasteiger partial charge in [-0.2, -0.15) is 11.8 Å². The molecule has 0 saturated heterocycles. The molecule has 0 rings (SSSR count). The van der Waals surface area contributed by atoms with Crippen LogP contribution in [0.2, 0.25) is 0 Å². The Bertz CT molecular complexity index is 284. The van der Waals surface area contributed by atoms with Crippen LogP contribution in [0, 0.1) is 11.8 Å². The van der Waals surface area contributed by atoms with Crippen molar-refractivity contribution < 1.29 is 21.1 Å². The molecular weight excluding hydrogens is 585 g/mol. The number of hydrogen-bond acceptors (Lipinski definition) is 9. The van der Waals surface area contributed by atoms with Crippen LogP contribution in [-0.4, -0.2) is 28.8 Å². The quantitative estimate of drug-likeness (QED) is 0.213. The van der Waals surface area contributed by atoms with E-state index in [1.54, 1.807) is 0 Å². The van der Waals surface area contributed by atoms with Gasteiger partial charge >= 0.3 is 21.1 Å². The molecule has 0 aliphatic carbocycles. The van der Waals surface area contributed by atoms with Crippen LogP contribution in [0.1, 0.15) is 27.7 Å². The summed E-state index contributed by atoms with van der Waals surface area (Å²) < 4.78 is 0.333. The Morgan fingerprint density at radius 2 is 0.769 bits per heavy atom. The molecule has 0 aromatic carbocycles. The van der Waals surface area contributed by atoms with Crippen LogP contribution >= 0.6 is 60.6 Å². The number of rotatable bonds is 4. The summed E-state index contributed by atoms with van der Waals surface area (Å²) in [5.41, 5.74) is 18.6. The molecular formula is C12H26MoN4S9. The Hall–Kier alpha value is 1.48. The molecule has 0 radical (unpaired) electrons. The van der Waals surface area contributed by atoms with Gasteiger partial charge in [0.2, 0.25) is 0 Å². The van der Waals surface area contributed by atoms with Crippen LogP contribution in [0.25, 0.3) is 0 Å². The van der Waals surface area contributed by atoms with E-state index in [0.29, 0.717) is 0 Å². The van der Waals surface area contributed by atoms with Crippen LogP contribution < -0.4 is 22.9 Å². The van der Waals surface area contributed by atoms with Gasteiger partial charge in [-0.15, -0.1) is 0 Å². The van der Waals surface area contributed by atoms with Gasteiger partial charge in [-0.25, -0.2) is 0 Å². The van der Waals surface area contributed by atoms with Gasteiger partial charge in [0, 0.05) is 0 Å². The molecule has 0 bridgehead atoms. The molecule has 0 saturated carbocycles. The maximum Gasteiger partial charge on any atom is 4.00 e. The van der Waals surface area contributed by atoms with Crippen LogP contribution in [0.4, 0.5) is 0 Å². The first-order valence-corrected chi connectivity index (χ1v) is 10.9. The van der Waals surface area contributed by atoms with Gasteiger partial charge < -0.3 is 122 Å². The molecule has 0 aliphatic rings. The van der Waals surface area contributed by atoms with Crippen LogP contribution in [0.3, 0.4) is 0 Å². The van der Waals surface area contributed by atoms with Crippen LogP contribution in [-0.2, 0) is 71.6 Å². The monoisotopic (exact) mass is 612 g/mol. The summed E-state index contributed by atoms with van der Waals surface area (Å²) in [6, 6.07) is 0. The van der Waals surface area contributed by atoms with Crippen molar-refractivity contribution in [3.8, 4) is 0 Å². The minimum Gasteiger partial charge on any atom is -0.415 e. The third kappa shape index (κ3) is 273. The SMILES string of the molecule is CC(C)CSCC(C)C.NC(=S)[S-].NC(=S)[S-].NC(=S)[S-].NC(=S)[S-].[Mo+4]. The maximum absolute atomic E-state index is 4.66. The zero-order valence-corrected chi connectivity index (χ0v) is 24.3. The fourth-order valence-electron chi connectivity index (χ4n) is 0.539. The zero-order valence-electron chi connectivity index (χ0n) is 15.0. The summed E-state index contributed by atoms with van der Waals surface area (Å²) in [5, 5.41) is 0. The van der Waals surface area contributed by atoms with E-state index in [9.17, 15) is 0 Å². The van der Waals surface area contributed by atoms with Crippen LogP contribution in [0.15, 0.2) is 0 Å². The Balaban J connectivity index is -0.0000000508. The van der Waals surface area contributed by atoms with Crippen molar-refractivity contribution in [2.75, 3.05) is 11.5 Å². The molecule has 0 aliphatic heterocycles. The molecule has 26 heavy (non-hydrogen) atoms. The minimum absolute atomic E-state index is 0. The minimum atomic E-state index is 0. The van der Waals surface area contributed by atoms with Gasteiger partial charge in [-0.1, -0.05) is 45.0 Å². The summed E-state index contributed by atoms with van der Waals surface area (Å²) in [5.74, 6) is 4.35. The molecule has 0 fully saturated rings. The van der Waals surface area contributed by atoms with Gasteiger partial charge in [0.15, 0.2) is 0 Å². The van der Waals surface area contributed by atoms with Crippen molar-refractivity contribution in [3.63, 3.8) is 0 Å². The van der Waals surface area contributed by atoms with Gasteiger partial charge in [-0.3, -0.25) is 0 Å². The summed E-state index contributed by atoms with van der Waals surface area (Å²) in [7, 11) is 0. The summed E-state index contributed by atoms with van der Waals surface area (Å²) in [6.07, 6.45) is 0. The molecule has 14 heteroatoms. The smallest absolute Gasteiger partial charge is 0.415 e. The van der Waals surface area contributed by atoms with E-state index in [2.05, 4.69) is 162 Å². The predicted octanol–water partition coefficient (Wildman–Crippen LogP) is 2.14. The number of thioether (sulfide) groups is 1. The zero-order chi connectivity index (χ0) is 21.6. The van der Waals surface area contributed by atoms with Crippen LogP contribution in [0.5, 0.6) is 0 Å². The third-order valence-corrected chi connectivity index (χ3v) is 2.71. The molecule has 0 amide bonds. The fourth-order valence-corrected chi connectivity index (χ4v) is 1.62. The van der Waals surface area contributed by atoms with Crippen molar-refractivity contribution in [1.82, 2.24) is 0 Å². The average Bonchev–Trinajstić information content (AvgIpc) is 2.23. The van der Waals surface area contributed by atoms with Crippen molar-refractivity contribution in [2.24, 2.45) is 34.8 Å². The number of hydrogen-bond donors (Lipinski definition) is 4. The Morgan fingerprint density at radius 1 is 0.654 bits per heavy atom. The summed E-state index contributed by atoms with van der Waals surface area (Å²) in [4.78, 5) is 0. The fraction of sp³-hybridized carbons (Fsp3) is 0.667. The van der Waals surface area contributed by atoms with Crippen molar-refractivity contribution in [3.05, 3.63) is 0 Å². The Kier molecular flexibility index (Phi) is 54.6. The molecule has 0 atom stereocenters. The second-order valence-electron chi connectivity index (χ2n) is 4.60. The van der Waals surface area contributed by atoms with Gasteiger partial charge in [0.05, 0.1) is 0 Å². The Labute approximate surface area is 221 Å². The van der Waals surface area contributed by atoms with E-state index < -0.39 is 0 Å². The molecule has 0 unspecified atom stereocenters. The van der Waals surface area contributed by atoms with Gasteiger partial charge in [0.1, 0.15) is 0 Å². The molecule has 0 aromatic heterocycles. The van der Waals surface area contributed by atoms with E-state index in [1.165, 1.54) is 11.5 Å². The average molecular weight is 611 g/mol. The second-order valence-corrected chi connectivity index (χ2v) is 10.2. The third-order valence-electron chi connectivity index (χ3n) is 0.902. The Morgan fingerprint density at radius 3 is 0.846 bits per heavy atom. The summed E-state index contributed by atoms with van der Waals surface area (Å²) >= 11 is 35.1. The number of thiocarbonyl (C=S) groups is 4. The van der Waals surface area contributed by atoms with Gasteiger partial charge in [0.25, 0.3) is 0 Å². The largest absolute Gasteiger partial charge is 4.00 e. The van der Waals surface area contributed by atoms with E-state index >= 15 is 0 Å². The van der Waals surface area contributed by atoms with E-state index in [4.69, 9.17) is 0 Å². The number of nitrogens with two attached hydrogens (primary N) is 4. The van der Waals surface area contributed by atoms with E-state index in [1.807, 2.05) is 0 Å². The molecule has 8 N–H and O–H groups in total. The van der Waals surface area contributed by atoms with Crippen molar-refractivity contribution in [1.29, 1.82) is 0 Å². The van der Waals surface area contributed by atoms with E-state index in [0.717, 1.165) is 11.8 Å². The first kappa shape index (κ1) is 41.8. The molecule has 0 heterocycles. The normalized spacial score (nSPS) is 7.62. The topological polar surface area (TPSA) is 104 Å². The maximum atomic E-state index is 4.66. The predicted molar refractivity (Wildman–Crippen MR) is 144 cm³/mol. The second kappa shape index (κ2) is 34.0. The first-order valence-electron chi connectivity index (χ1n) is 6.49. The molecule has 154 valence electrons. The summed E-state index contributed by atoms with van der Waals surface area (Å²) in [6.45, 7) is 9.08. The molecule has 0 spiro atoms. The van der Waals surface area contributed by atoms with Crippen molar-refractivity contribution in [2.45, 2.75) is 27.7 Å². The van der Waals surface area contributed by atoms with E-state index in [-0.39, 0.29) is 38.3 Å².